The Balaban J connectivity index is 1.85. The summed E-state index contributed by atoms with van der Waals surface area (Å²) in [5.74, 6) is 0.832. The maximum absolute atomic E-state index is 5.95. The number of aromatic nitrogens is 5. The molecule has 0 aliphatic rings. The molecule has 4 aromatic rings. The van der Waals surface area contributed by atoms with Gasteiger partial charge in [-0.15, -0.1) is 0 Å². The maximum atomic E-state index is 5.95. The second kappa shape index (κ2) is 6.08. The summed E-state index contributed by atoms with van der Waals surface area (Å²) < 4.78 is 3.95. The predicted molar refractivity (Wildman–Crippen MR) is 90.5 cm³/mol. The van der Waals surface area contributed by atoms with Gasteiger partial charge in [-0.3, -0.25) is 0 Å². The van der Waals surface area contributed by atoms with E-state index in [1.807, 2.05) is 36.5 Å². The van der Waals surface area contributed by atoms with Crippen molar-refractivity contribution in [1.29, 1.82) is 0 Å². The van der Waals surface area contributed by atoms with Gasteiger partial charge < -0.3 is 0 Å². The topological polar surface area (TPSA) is 56.0 Å². The van der Waals surface area contributed by atoms with Crippen LogP contribution in [0.5, 0.6) is 0 Å². The van der Waals surface area contributed by atoms with Crippen LogP contribution in [0.15, 0.2) is 61.2 Å². The molecule has 4 rings (SSSR count). The third-order valence-electron chi connectivity index (χ3n) is 3.22. The van der Waals surface area contributed by atoms with Gasteiger partial charge >= 0.3 is 143 Å². The molecule has 0 saturated carbocycles. The molecule has 0 radical (unpaired) electrons. The monoisotopic (exact) mass is 387 g/mol. The van der Waals surface area contributed by atoms with E-state index >= 15 is 0 Å². The quantitative estimate of drug-likeness (QED) is 0.395. The van der Waals surface area contributed by atoms with Gasteiger partial charge in [-0.1, -0.05) is 0 Å². The van der Waals surface area contributed by atoms with Crippen LogP contribution < -0.4 is 9.18 Å². The van der Waals surface area contributed by atoms with Crippen molar-refractivity contribution in [2.24, 2.45) is 0 Å². The molecular formula is C16H10ClN5Se. The number of hydrogen-bond donors (Lipinski definition) is 0. The third kappa shape index (κ3) is 2.84. The first-order chi connectivity index (χ1) is 11.3. The predicted octanol–water partition coefficient (Wildman–Crippen LogP) is 1.49. The van der Waals surface area contributed by atoms with E-state index in [9.17, 15) is 0 Å². The molecule has 0 aliphatic heterocycles. The van der Waals surface area contributed by atoms with Crippen LogP contribution >= 0.6 is 11.6 Å². The number of pyridine rings is 2. The van der Waals surface area contributed by atoms with Crippen LogP contribution in [-0.2, 0) is 0 Å². The van der Waals surface area contributed by atoms with E-state index in [2.05, 4.69) is 25.4 Å². The van der Waals surface area contributed by atoms with E-state index in [4.69, 9.17) is 16.6 Å². The first-order valence-corrected chi connectivity index (χ1v) is 8.94. The van der Waals surface area contributed by atoms with Crippen LogP contribution in [0.4, 0.5) is 0 Å². The third-order valence-corrected chi connectivity index (χ3v) is 5.37. The molecule has 4 aromatic heterocycles. The molecule has 0 saturated heterocycles. The molecule has 0 spiro atoms. The van der Waals surface area contributed by atoms with E-state index < -0.39 is 0 Å². The standard InChI is InChI=1S/C16H10ClN5Se/c17-13-9-14(20-10-19-13)23-16-12-6-2-4-8-22(12)15(21-16)11-5-1-3-7-18-11/h1-10H. The Hall–Kier alpha value is -2.27. The molecule has 0 fully saturated rings. The molecule has 0 unspecified atom stereocenters. The summed E-state index contributed by atoms with van der Waals surface area (Å²) >= 11 is 5.89. The molecule has 7 heteroatoms. The summed E-state index contributed by atoms with van der Waals surface area (Å²) in [6.07, 6.45) is 5.25. The van der Waals surface area contributed by atoms with Gasteiger partial charge in [0, 0.05) is 0 Å². The van der Waals surface area contributed by atoms with Crippen LogP contribution in [0.25, 0.3) is 17.0 Å². The molecule has 0 N–H and O–H groups in total. The molecule has 0 aliphatic carbocycles. The second-order valence-electron chi connectivity index (χ2n) is 4.69. The number of fused-ring (bicyclic) bond motifs is 1. The molecule has 23 heavy (non-hydrogen) atoms. The van der Waals surface area contributed by atoms with Crippen LogP contribution in [0.3, 0.4) is 0 Å². The number of hydrogen-bond acceptors (Lipinski definition) is 4. The Morgan fingerprint density at radius 2 is 1.91 bits per heavy atom. The van der Waals surface area contributed by atoms with E-state index in [-0.39, 0.29) is 15.0 Å². The summed E-state index contributed by atoms with van der Waals surface area (Å²) in [6, 6.07) is 13.6. The van der Waals surface area contributed by atoms with Crippen LogP contribution in [0.1, 0.15) is 0 Å². The summed E-state index contributed by atoms with van der Waals surface area (Å²) in [7, 11) is 0. The van der Waals surface area contributed by atoms with Crippen molar-refractivity contribution in [2.75, 3.05) is 0 Å². The fourth-order valence-corrected chi connectivity index (χ4v) is 4.35. The number of halogens is 1. The summed E-state index contributed by atoms with van der Waals surface area (Å²) in [6.45, 7) is 0. The van der Waals surface area contributed by atoms with Crippen molar-refractivity contribution in [2.45, 2.75) is 0 Å². The number of nitrogens with zero attached hydrogens (tertiary/aromatic N) is 5. The average Bonchev–Trinajstić information content (AvgIpc) is 2.95. The molecule has 4 heterocycles. The summed E-state index contributed by atoms with van der Waals surface area (Å²) in [4.78, 5) is 17.4. The van der Waals surface area contributed by atoms with Crippen molar-refractivity contribution in [3.63, 3.8) is 0 Å². The van der Waals surface area contributed by atoms with Crippen molar-refractivity contribution in [1.82, 2.24) is 24.3 Å². The minimum atomic E-state index is -0.0633. The van der Waals surface area contributed by atoms with Crippen LogP contribution in [-0.4, -0.2) is 39.3 Å². The normalized spacial score (nSPS) is 11.0. The molecular weight excluding hydrogens is 377 g/mol. The number of rotatable bonds is 3. The average molecular weight is 387 g/mol. The zero-order valence-corrected chi connectivity index (χ0v) is 14.3. The molecule has 0 bridgehead atoms. The molecule has 0 aromatic carbocycles. The van der Waals surface area contributed by atoms with E-state index in [0.717, 1.165) is 26.2 Å². The zero-order valence-electron chi connectivity index (χ0n) is 11.8. The van der Waals surface area contributed by atoms with Crippen molar-refractivity contribution >= 4 is 41.3 Å². The van der Waals surface area contributed by atoms with Gasteiger partial charge in [0.25, 0.3) is 0 Å². The fourth-order valence-electron chi connectivity index (χ4n) is 2.23. The van der Waals surface area contributed by atoms with E-state index in [0.29, 0.717) is 5.15 Å². The Morgan fingerprint density at radius 1 is 1.00 bits per heavy atom. The first-order valence-electron chi connectivity index (χ1n) is 6.85. The molecule has 112 valence electrons. The Kier molecular flexibility index (Phi) is 3.79. The van der Waals surface area contributed by atoms with Gasteiger partial charge in [0.05, 0.1) is 0 Å². The van der Waals surface area contributed by atoms with Crippen LogP contribution in [0, 0.1) is 0 Å². The minimum absolute atomic E-state index is 0.0633. The molecule has 5 nitrogen and oxygen atoms in total. The van der Waals surface area contributed by atoms with Gasteiger partial charge in [-0.05, 0) is 0 Å². The second-order valence-corrected chi connectivity index (χ2v) is 7.20. The Morgan fingerprint density at radius 3 is 2.74 bits per heavy atom. The van der Waals surface area contributed by atoms with Crippen molar-refractivity contribution < 1.29 is 0 Å². The zero-order chi connectivity index (χ0) is 15.6. The van der Waals surface area contributed by atoms with Crippen LogP contribution in [0.2, 0.25) is 5.15 Å². The van der Waals surface area contributed by atoms with Gasteiger partial charge in [0.2, 0.25) is 0 Å². The number of imidazole rings is 1. The SMILES string of the molecule is Clc1cc([Se]c2nc(-c3ccccn3)n3ccccc23)ncn1. The van der Waals surface area contributed by atoms with Gasteiger partial charge in [0.1, 0.15) is 0 Å². The molecule has 0 atom stereocenters. The molecule has 0 amide bonds. The summed E-state index contributed by atoms with van der Waals surface area (Å²) in [5, 5.41) is 0.449. The van der Waals surface area contributed by atoms with Gasteiger partial charge in [-0.25, -0.2) is 0 Å². The van der Waals surface area contributed by atoms with E-state index in [1.165, 1.54) is 6.33 Å². The van der Waals surface area contributed by atoms with E-state index in [1.54, 1.807) is 12.3 Å². The first kappa shape index (κ1) is 14.3. The van der Waals surface area contributed by atoms with Gasteiger partial charge in [0.15, 0.2) is 0 Å². The summed E-state index contributed by atoms with van der Waals surface area (Å²) in [5.41, 5.74) is 1.90. The Labute approximate surface area is 143 Å². The van der Waals surface area contributed by atoms with Crippen molar-refractivity contribution in [3.05, 3.63) is 66.3 Å². The van der Waals surface area contributed by atoms with Gasteiger partial charge in [-0.2, -0.15) is 0 Å². The fraction of sp³-hybridized carbons (Fsp3) is 0. The van der Waals surface area contributed by atoms with Crippen molar-refractivity contribution in [3.8, 4) is 11.5 Å². The Bertz CT molecular complexity index is 971.